The number of nitrogens with one attached hydrogen (secondary N) is 3. The maximum Gasteiger partial charge on any atom is 0.260 e. The molecular formula is C11H22N4O2S. The lowest BCUT2D eigenvalue weighted by atomic mass is 10.2. The summed E-state index contributed by atoms with van der Waals surface area (Å²) in [6.45, 7) is 9.88. The molecule has 0 saturated heterocycles. The van der Waals surface area contributed by atoms with E-state index in [1.54, 1.807) is 13.8 Å². The minimum Gasteiger partial charge on any atom is -0.310 e. The number of aromatic nitrogens is 2. The summed E-state index contributed by atoms with van der Waals surface area (Å²) in [5, 5.41) is 9.92. The number of rotatable bonds is 6. The van der Waals surface area contributed by atoms with Crippen molar-refractivity contribution in [1.29, 1.82) is 0 Å². The number of sulfonamides is 1. The molecule has 3 N–H and O–H groups in total. The molecule has 0 radical (unpaired) electrons. The van der Waals surface area contributed by atoms with Gasteiger partial charge in [-0.25, -0.2) is 13.1 Å². The fourth-order valence-corrected chi connectivity index (χ4v) is 2.98. The molecule has 1 aromatic rings. The molecule has 1 aromatic heterocycles. The summed E-state index contributed by atoms with van der Waals surface area (Å²) in [7, 11) is -3.55. The third-order valence-electron chi connectivity index (χ3n) is 2.37. The lowest BCUT2D eigenvalue weighted by molar-refractivity contribution is 0.556. The van der Waals surface area contributed by atoms with Gasteiger partial charge in [0, 0.05) is 29.9 Å². The highest BCUT2D eigenvalue weighted by Gasteiger charge is 2.24. The van der Waals surface area contributed by atoms with Crippen molar-refractivity contribution in [2.24, 2.45) is 0 Å². The molecule has 0 amide bonds. The van der Waals surface area contributed by atoms with Gasteiger partial charge in [-0.3, -0.25) is 5.10 Å². The summed E-state index contributed by atoms with van der Waals surface area (Å²) in [5.41, 5.74) is 1.46. The molecule has 18 heavy (non-hydrogen) atoms. The fraction of sp³-hybridized carbons (Fsp3) is 0.727. The number of aryl methyl sites for hydroxylation is 1. The van der Waals surface area contributed by atoms with Crippen LogP contribution in [0.15, 0.2) is 5.03 Å². The zero-order valence-electron chi connectivity index (χ0n) is 11.5. The van der Waals surface area contributed by atoms with Gasteiger partial charge in [0.15, 0.2) is 5.03 Å². The highest BCUT2D eigenvalue weighted by atomic mass is 32.2. The van der Waals surface area contributed by atoms with Crippen molar-refractivity contribution in [2.45, 2.75) is 58.3 Å². The van der Waals surface area contributed by atoms with Gasteiger partial charge < -0.3 is 5.32 Å². The minimum atomic E-state index is -3.55. The molecule has 1 heterocycles. The molecule has 0 spiro atoms. The van der Waals surface area contributed by atoms with Gasteiger partial charge in [0.2, 0.25) is 0 Å². The molecule has 0 aliphatic rings. The van der Waals surface area contributed by atoms with E-state index in [0.29, 0.717) is 12.1 Å². The first-order valence-electron chi connectivity index (χ1n) is 6.03. The molecule has 0 bridgehead atoms. The van der Waals surface area contributed by atoms with Crippen LogP contribution < -0.4 is 10.0 Å². The van der Waals surface area contributed by atoms with Gasteiger partial charge in [-0.1, -0.05) is 13.8 Å². The summed E-state index contributed by atoms with van der Waals surface area (Å²) in [6, 6.07) is 0.130. The van der Waals surface area contributed by atoms with Crippen LogP contribution in [0, 0.1) is 6.92 Å². The van der Waals surface area contributed by atoms with E-state index in [4.69, 9.17) is 0 Å². The van der Waals surface area contributed by atoms with Gasteiger partial charge in [0.05, 0.1) is 0 Å². The van der Waals surface area contributed by atoms with Crippen LogP contribution in [0.4, 0.5) is 0 Å². The summed E-state index contributed by atoms with van der Waals surface area (Å²) in [5.74, 6) is 0. The van der Waals surface area contributed by atoms with Gasteiger partial charge in [-0.15, -0.1) is 0 Å². The second-order valence-electron chi connectivity index (χ2n) is 4.94. The maximum atomic E-state index is 12.1. The third-order valence-corrected chi connectivity index (χ3v) is 4.00. The van der Waals surface area contributed by atoms with Crippen molar-refractivity contribution in [2.75, 3.05) is 0 Å². The summed E-state index contributed by atoms with van der Waals surface area (Å²) in [6.07, 6.45) is 0. The average Bonchev–Trinajstić information content (AvgIpc) is 2.55. The molecule has 0 atom stereocenters. The monoisotopic (exact) mass is 274 g/mol. The van der Waals surface area contributed by atoms with E-state index >= 15 is 0 Å². The standard InChI is InChI=1S/C11H22N4O2S/c1-7(2)12-6-10-9(5)13-14-11(10)18(16,17)15-8(3)4/h7-8,12,15H,6H2,1-5H3,(H,13,14). The van der Waals surface area contributed by atoms with Crippen molar-refractivity contribution in [3.8, 4) is 0 Å². The predicted octanol–water partition coefficient (Wildman–Crippen LogP) is 0.903. The number of nitrogens with zero attached hydrogens (tertiary/aromatic N) is 1. The van der Waals surface area contributed by atoms with Gasteiger partial charge in [0.1, 0.15) is 0 Å². The maximum absolute atomic E-state index is 12.1. The molecular weight excluding hydrogens is 252 g/mol. The zero-order valence-corrected chi connectivity index (χ0v) is 12.4. The van der Waals surface area contributed by atoms with Gasteiger partial charge in [-0.05, 0) is 20.8 Å². The van der Waals surface area contributed by atoms with Crippen molar-refractivity contribution in [3.05, 3.63) is 11.3 Å². The molecule has 0 unspecified atom stereocenters. The van der Waals surface area contributed by atoms with Crippen molar-refractivity contribution >= 4 is 10.0 Å². The molecule has 6 nitrogen and oxygen atoms in total. The van der Waals surface area contributed by atoms with E-state index in [1.807, 2.05) is 20.8 Å². The van der Waals surface area contributed by atoms with E-state index < -0.39 is 10.0 Å². The Morgan fingerprint density at radius 2 is 1.83 bits per heavy atom. The zero-order chi connectivity index (χ0) is 13.9. The van der Waals surface area contributed by atoms with E-state index in [2.05, 4.69) is 20.2 Å². The van der Waals surface area contributed by atoms with Gasteiger partial charge in [0.25, 0.3) is 10.0 Å². The summed E-state index contributed by atoms with van der Waals surface area (Å²) >= 11 is 0. The van der Waals surface area contributed by atoms with Crippen LogP contribution in [0.1, 0.15) is 39.0 Å². The lowest BCUT2D eigenvalue weighted by Gasteiger charge is -2.11. The van der Waals surface area contributed by atoms with Crippen LogP contribution in [0.2, 0.25) is 0 Å². The Bertz CT molecular complexity index is 491. The highest BCUT2D eigenvalue weighted by Crippen LogP contribution is 2.16. The van der Waals surface area contributed by atoms with Crippen LogP contribution in [-0.4, -0.2) is 30.7 Å². The normalized spacial score (nSPS) is 12.6. The molecule has 0 aliphatic carbocycles. The van der Waals surface area contributed by atoms with E-state index in [9.17, 15) is 8.42 Å². The van der Waals surface area contributed by atoms with E-state index in [0.717, 1.165) is 5.69 Å². The first-order chi connectivity index (χ1) is 8.24. The molecule has 7 heteroatoms. The van der Waals surface area contributed by atoms with Crippen LogP contribution in [-0.2, 0) is 16.6 Å². The Morgan fingerprint density at radius 3 is 2.33 bits per heavy atom. The van der Waals surface area contributed by atoms with Crippen LogP contribution in [0.5, 0.6) is 0 Å². The summed E-state index contributed by atoms with van der Waals surface area (Å²) < 4.78 is 26.7. The number of hydrogen-bond acceptors (Lipinski definition) is 4. The third kappa shape index (κ3) is 3.79. The Labute approximate surface area is 109 Å². The fourth-order valence-electron chi connectivity index (χ4n) is 1.53. The SMILES string of the molecule is Cc1[nH]nc(S(=O)(=O)NC(C)C)c1CNC(C)C. The smallest absolute Gasteiger partial charge is 0.260 e. The van der Waals surface area contributed by atoms with Gasteiger partial charge in [-0.2, -0.15) is 5.10 Å². The minimum absolute atomic E-state index is 0.0850. The van der Waals surface area contributed by atoms with E-state index in [-0.39, 0.29) is 17.1 Å². The Hall–Kier alpha value is -0.920. The van der Waals surface area contributed by atoms with Crippen molar-refractivity contribution < 1.29 is 8.42 Å². The second kappa shape index (κ2) is 5.81. The second-order valence-corrected chi connectivity index (χ2v) is 6.57. The Balaban J connectivity index is 3.03. The lowest BCUT2D eigenvalue weighted by Crippen LogP contribution is -2.32. The number of H-pyrrole nitrogens is 1. The number of aromatic amines is 1. The molecule has 0 saturated carbocycles. The molecule has 104 valence electrons. The van der Waals surface area contributed by atoms with E-state index in [1.165, 1.54) is 0 Å². The van der Waals surface area contributed by atoms with Crippen LogP contribution in [0.3, 0.4) is 0 Å². The topological polar surface area (TPSA) is 86.9 Å². The first kappa shape index (κ1) is 15.1. The molecule has 1 rings (SSSR count). The molecule has 0 aliphatic heterocycles. The summed E-state index contributed by atoms with van der Waals surface area (Å²) in [4.78, 5) is 0. The Morgan fingerprint density at radius 1 is 1.22 bits per heavy atom. The highest BCUT2D eigenvalue weighted by molar-refractivity contribution is 7.89. The van der Waals surface area contributed by atoms with Crippen molar-refractivity contribution in [3.63, 3.8) is 0 Å². The molecule has 0 fully saturated rings. The van der Waals surface area contributed by atoms with Crippen LogP contribution >= 0.6 is 0 Å². The quantitative estimate of drug-likeness (QED) is 0.719. The number of hydrogen-bond donors (Lipinski definition) is 3. The Kier molecular flexibility index (Phi) is 4.89. The molecule has 0 aromatic carbocycles. The largest absolute Gasteiger partial charge is 0.310 e. The predicted molar refractivity (Wildman–Crippen MR) is 70.8 cm³/mol. The van der Waals surface area contributed by atoms with Crippen LogP contribution in [0.25, 0.3) is 0 Å². The van der Waals surface area contributed by atoms with Gasteiger partial charge >= 0.3 is 0 Å². The average molecular weight is 274 g/mol. The van der Waals surface area contributed by atoms with Crippen molar-refractivity contribution in [1.82, 2.24) is 20.2 Å². The first-order valence-corrected chi connectivity index (χ1v) is 7.52.